The second-order valence-electron chi connectivity index (χ2n) is 5.15. The Balaban J connectivity index is 1.92. The molecule has 0 unspecified atom stereocenters. The van der Waals surface area contributed by atoms with Gasteiger partial charge in [-0.2, -0.15) is 0 Å². The summed E-state index contributed by atoms with van der Waals surface area (Å²) in [6, 6.07) is 9.89. The van der Waals surface area contributed by atoms with E-state index in [9.17, 15) is 14.0 Å². The number of nitrogens with one attached hydrogen (secondary N) is 1. The van der Waals surface area contributed by atoms with Crippen LogP contribution in [0, 0.1) is 5.82 Å². The zero-order valence-electron chi connectivity index (χ0n) is 13.5. The van der Waals surface area contributed by atoms with Crippen molar-refractivity contribution in [2.24, 2.45) is 0 Å². The number of fused-ring (bicyclic) bond motifs is 1. The minimum atomic E-state index is -0.783. The van der Waals surface area contributed by atoms with E-state index in [1.54, 1.807) is 18.2 Å². The molecule has 0 aliphatic heterocycles. The molecule has 0 saturated heterocycles. The fourth-order valence-corrected chi connectivity index (χ4v) is 2.38. The molecule has 1 amide bonds. The average molecular weight is 343 g/mol. The Kier molecular flexibility index (Phi) is 4.38. The monoisotopic (exact) mass is 343 g/mol. The van der Waals surface area contributed by atoms with Gasteiger partial charge in [-0.05, 0) is 35.7 Å². The Morgan fingerprint density at radius 2 is 1.80 bits per heavy atom. The van der Waals surface area contributed by atoms with Crippen LogP contribution >= 0.6 is 0 Å². The summed E-state index contributed by atoms with van der Waals surface area (Å²) in [7, 11) is 2.98. The molecule has 3 aromatic rings. The number of carbonyl (C=O) groups is 1. The SMILES string of the molecule is COc1ccc(NC(=O)c2cc3ccc(F)cc3c(=O)o2)cc1OC. The first-order valence-electron chi connectivity index (χ1n) is 7.28. The van der Waals surface area contributed by atoms with E-state index in [1.165, 1.54) is 32.4 Å². The van der Waals surface area contributed by atoms with Crippen LogP contribution < -0.4 is 20.4 Å². The zero-order chi connectivity index (χ0) is 18.0. The predicted octanol–water partition coefficient (Wildman–Crippen LogP) is 3.20. The minimum absolute atomic E-state index is 0.0719. The molecule has 0 saturated carbocycles. The van der Waals surface area contributed by atoms with Crippen molar-refractivity contribution in [1.29, 1.82) is 0 Å². The summed E-state index contributed by atoms with van der Waals surface area (Å²) in [6.45, 7) is 0. The lowest BCUT2D eigenvalue weighted by Gasteiger charge is -2.10. The number of carbonyl (C=O) groups excluding carboxylic acids is 1. The maximum absolute atomic E-state index is 13.2. The molecule has 0 radical (unpaired) electrons. The first-order valence-corrected chi connectivity index (χ1v) is 7.28. The Hall–Kier alpha value is -3.35. The Morgan fingerprint density at radius 1 is 1.04 bits per heavy atom. The summed E-state index contributed by atoms with van der Waals surface area (Å²) in [5, 5.41) is 3.09. The van der Waals surface area contributed by atoms with Crippen molar-refractivity contribution in [2.45, 2.75) is 0 Å². The number of anilines is 1. The van der Waals surface area contributed by atoms with Gasteiger partial charge in [-0.3, -0.25) is 4.79 Å². The van der Waals surface area contributed by atoms with Crippen molar-refractivity contribution in [2.75, 3.05) is 19.5 Å². The number of halogens is 1. The highest BCUT2D eigenvalue weighted by atomic mass is 19.1. The molecule has 0 aliphatic carbocycles. The third-order valence-corrected chi connectivity index (χ3v) is 3.59. The number of amides is 1. The fourth-order valence-electron chi connectivity index (χ4n) is 2.38. The molecule has 1 heterocycles. The number of rotatable bonds is 4. The van der Waals surface area contributed by atoms with Crippen molar-refractivity contribution in [1.82, 2.24) is 0 Å². The summed E-state index contributed by atoms with van der Waals surface area (Å²) >= 11 is 0. The van der Waals surface area contributed by atoms with Gasteiger partial charge < -0.3 is 19.2 Å². The van der Waals surface area contributed by atoms with Crippen LogP contribution in [0.2, 0.25) is 0 Å². The van der Waals surface area contributed by atoms with Gasteiger partial charge in [0, 0.05) is 11.8 Å². The van der Waals surface area contributed by atoms with E-state index in [2.05, 4.69) is 5.32 Å². The summed E-state index contributed by atoms with van der Waals surface area (Å²) < 4.78 is 28.5. The quantitative estimate of drug-likeness (QED) is 0.787. The van der Waals surface area contributed by atoms with Crippen LogP contribution in [0.5, 0.6) is 11.5 Å². The maximum Gasteiger partial charge on any atom is 0.344 e. The number of benzene rings is 2. The van der Waals surface area contributed by atoms with Crippen molar-refractivity contribution >= 4 is 22.4 Å². The fraction of sp³-hybridized carbons (Fsp3) is 0.111. The van der Waals surface area contributed by atoms with Crippen LogP contribution in [0.15, 0.2) is 51.7 Å². The van der Waals surface area contributed by atoms with Crippen LogP contribution in [0.3, 0.4) is 0 Å². The molecule has 2 aromatic carbocycles. The zero-order valence-corrected chi connectivity index (χ0v) is 13.5. The Labute approximate surface area is 141 Å². The molecule has 128 valence electrons. The summed E-state index contributed by atoms with van der Waals surface area (Å²) in [5.74, 6) is -0.396. The lowest BCUT2D eigenvalue weighted by molar-refractivity contribution is 0.0993. The third kappa shape index (κ3) is 3.30. The van der Waals surface area contributed by atoms with Gasteiger partial charge in [-0.1, -0.05) is 6.07 Å². The van der Waals surface area contributed by atoms with E-state index >= 15 is 0 Å². The minimum Gasteiger partial charge on any atom is -0.493 e. The standard InChI is InChI=1S/C18H14FNO5/c1-23-14-6-5-12(9-15(14)24-2)20-17(21)16-7-10-3-4-11(19)8-13(10)18(22)25-16/h3-9H,1-2H3,(H,20,21). The van der Waals surface area contributed by atoms with E-state index in [-0.39, 0.29) is 11.1 Å². The van der Waals surface area contributed by atoms with Crippen LogP contribution in [-0.2, 0) is 0 Å². The predicted molar refractivity (Wildman–Crippen MR) is 89.9 cm³/mol. The van der Waals surface area contributed by atoms with Gasteiger partial charge in [0.25, 0.3) is 5.91 Å². The molecule has 1 aromatic heterocycles. The van der Waals surface area contributed by atoms with Gasteiger partial charge in [0.05, 0.1) is 19.6 Å². The molecule has 0 atom stereocenters. The van der Waals surface area contributed by atoms with Crippen LogP contribution in [0.4, 0.5) is 10.1 Å². The molecular formula is C18H14FNO5. The van der Waals surface area contributed by atoms with Crippen LogP contribution in [0.1, 0.15) is 10.6 Å². The van der Waals surface area contributed by atoms with Gasteiger partial charge in [0.2, 0.25) is 0 Å². The number of hydrogen-bond acceptors (Lipinski definition) is 5. The van der Waals surface area contributed by atoms with Crippen molar-refractivity contribution in [3.05, 3.63) is 64.5 Å². The van der Waals surface area contributed by atoms with E-state index in [0.29, 0.717) is 22.6 Å². The van der Waals surface area contributed by atoms with Crippen molar-refractivity contribution in [3.8, 4) is 11.5 Å². The number of methoxy groups -OCH3 is 2. The van der Waals surface area contributed by atoms with Gasteiger partial charge in [0.15, 0.2) is 17.3 Å². The largest absolute Gasteiger partial charge is 0.493 e. The summed E-state index contributed by atoms with van der Waals surface area (Å²) in [4.78, 5) is 24.3. The van der Waals surface area contributed by atoms with Gasteiger partial charge in [-0.15, -0.1) is 0 Å². The van der Waals surface area contributed by atoms with Crippen molar-refractivity contribution in [3.63, 3.8) is 0 Å². The molecular weight excluding hydrogens is 329 g/mol. The highest BCUT2D eigenvalue weighted by molar-refractivity contribution is 6.04. The second kappa shape index (κ2) is 6.64. The van der Waals surface area contributed by atoms with Gasteiger partial charge >= 0.3 is 5.63 Å². The van der Waals surface area contributed by atoms with Gasteiger partial charge in [0.1, 0.15) is 5.82 Å². The molecule has 3 rings (SSSR count). The van der Waals surface area contributed by atoms with Crippen LogP contribution in [-0.4, -0.2) is 20.1 Å². The van der Waals surface area contributed by atoms with Crippen molar-refractivity contribution < 1.29 is 23.1 Å². The lowest BCUT2D eigenvalue weighted by Crippen LogP contribution is -2.15. The van der Waals surface area contributed by atoms with E-state index < -0.39 is 17.3 Å². The smallest absolute Gasteiger partial charge is 0.344 e. The summed E-state index contributed by atoms with van der Waals surface area (Å²) in [5.41, 5.74) is -0.348. The average Bonchev–Trinajstić information content (AvgIpc) is 2.62. The normalized spacial score (nSPS) is 10.5. The molecule has 7 heteroatoms. The molecule has 0 bridgehead atoms. The molecule has 0 fully saturated rings. The number of ether oxygens (including phenoxy) is 2. The molecule has 25 heavy (non-hydrogen) atoms. The van der Waals surface area contributed by atoms with Gasteiger partial charge in [-0.25, -0.2) is 9.18 Å². The maximum atomic E-state index is 13.2. The molecule has 6 nitrogen and oxygen atoms in total. The van der Waals surface area contributed by atoms with Crippen LogP contribution in [0.25, 0.3) is 10.8 Å². The molecule has 0 spiro atoms. The first kappa shape index (κ1) is 16.5. The molecule has 0 aliphatic rings. The van der Waals surface area contributed by atoms with E-state index in [4.69, 9.17) is 13.9 Å². The first-order chi connectivity index (χ1) is 12.0. The Morgan fingerprint density at radius 3 is 2.52 bits per heavy atom. The highest BCUT2D eigenvalue weighted by Gasteiger charge is 2.14. The second-order valence-corrected chi connectivity index (χ2v) is 5.15. The van der Waals surface area contributed by atoms with E-state index in [0.717, 1.165) is 6.07 Å². The summed E-state index contributed by atoms with van der Waals surface area (Å²) in [6.07, 6.45) is 0. The third-order valence-electron chi connectivity index (χ3n) is 3.59. The van der Waals surface area contributed by atoms with E-state index in [1.807, 2.05) is 0 Å². The topological polar surface area (TPSA) is 77.8 Å². The number of hydrogen-bond donors (Lipinski definition) is 1. The Bertz CT molecular complexity index is 1010. The molecule has 1 N–H and O–H groups in total. The highest BCUT2D eigenvalue weighted by Crippen LogP contribution is 2.30. The lowest BCUT2D eigenvalue weighted by atomic mass is 10.1.